The van der Waals surface area contributed by atoms with Gasteiger partial charge < -0.3 is 18.6 Å². The number of oxazole rings is 1. The minimum absolute atomic E-state index is 0.108. The van der Waals surface area contributed by atoms with Crippen molar-refractivity contribution in [3.05, 3.63) is 47.2 Å². The molecule has 0 fully saturated rings. The second kappa shape index (κ2) is 11.4. The number of nitrogens with zero attached hydrogens (tertiary/aromatic N) is 5. The van der Waals surface area contributed by atoms with Gasteiger partial charge in [0.1, 0.15) is 23.5 Å². The molecular formula is C34H44FN5O5Si. The van der Waals surface area contributed by atoms with Crippen molar-refractivity contribution in [2.45, 2.75) is 104 Å². The predicted octanol–water partition coefficient (Wildman–Crippen LogP) is 7.53. The Bertz CT molecular complexity index is 1790. The van der Waals surface area contributed by atoms with Crippen molar-refractivity contribution in [3.8, 4) is 22.8 Å². The topological polar surface area (TPSA) is 104 Å². The first-order valence-corrected chi connectivity index (χ1v) is 18.3. The highest BCUT2D eigenvalue weighted by Crippen LogP contribution is 2.45. The van der Waals surface area contributed by atoms with Crippen LogP contribution in [0, 0.1) is 12.7 Å². The Hall–Kier alpha value is -3.93. The third-order valence-corrected chi connectivity index (χ3v) is 16.2. The van der Waals surface area contributed by atoms with Crippen LogP contribution in [0.25, 0.3) is 17.0 Å². The second-order valence-corrected chi connectivity index (χ2v) is 20.2. The van der Waals surface area contributed by atoms with Crippen molar-refractivity contribution in [2.75, 3.05) is 18.1 Å². The van der Waals surface area contributed by atoms with Crippen LogP contribution in [0.3, 0.4) is 0 Å². The predicted molar refractivity (Wildman–Crippen MR) is 176 cm³/mol. The third-order valence-electron chi connectivity index (χ3n) is 9.52. The van der Waals surface area contributed by atoms with E-state index in [9.17, 15) is 4.79 Å². The van der Waals surface area contributed by atoms with Crippen LogP contribution >= 0.6 is 0 Å². The molecule has 0 unspecified atom stereocenters. The van der Waals surface area contributed by atoms with Gasteiger partial charge in [0.15, 0.2) is 36.6 Å². The van der Waals surface area contributed by atoms with Crippen molar-refractivity contribution in [2.24, 2.45) is 0 Å². The van der Waals surface area contributed by atoms with Crippen LogP contribution in [0.2, 0.25) is 16.6 Å². The largest absolute Gasteiger partial charge is 0.493 e. The molecule has 46 heavy (non-hydrogen) atoms. The minimum atomic E-state index is -2.22. The monoisotopic (exact) mass is 649 g/mol. The van der Waals surface area contributed by atoms with E-state index < -0.39 is 25.6 Å². The summed E-state index contributed by atoms with van der Waals surface area (Å²) in [5, 5.41) is 8.72. The summed E-state index contributed by atoms with van der Waals surface area (Å²) in [6.07, 6.45) is 0.868. The van der Waals surface area contributed by atoms with Crippen LogP contribution in [0.1, 0.15) is 85.1 Å². The molecule has 6 rings (SSSR count). The summed E-state index contributed by atoms with van der Waals surface area (Å²) in [5.74, 6) is 1.23. The first-order valence-electron chi connectivity index (χ1n) is 16.1. The molecule has 0 N–H and O–H groups in total. The molecule has 2 aliphatic rings. The Labute approximate surface area is 270 Å². The molecule has 10 nitrogen and oxygen atoms in total. The van der Waals surface area contributed by atoms with E-state index in [1.165, 1.54) is 17.3 Å². The van der Waals surface area contributed by atoms with Crippen LogP contribution in [-0.2, 0) is 11.3 Å². The van der Waals surface area contributed by atoms with Gasteiger partial charge in [0.25, 0.3) is 0 Å². The van der Waals surface area contributed by atoms with E-state index in [-0.39, 0.29) is 19.1 Å². The highest BCUT2D eigenvalue weighted by atomic mass is 28.3. The zero-order valence-corrected chi connectivity index (χ0v) is 29.4. The maximum absolute atomic E-state index is 15.6. The van der Waals surface area contributed by atoms with Crippen molar-refractivity contribution < 1.29 is 27.8 Å². The summed E-state index contributed by atoms with van der Waals surface area (Å²) in [6, 6.07) is 4.84. The molecule has 4 aromatic rings. The molecule has 0 saturated heterocycles. The number of pyridine rings is 1. The summed E-state index contributed by atoms with van der Waals surface area (Å²) < 4.78 is 42.4. The highest BCUT2D eigenvalue weighted by molar-refractivity contribution is 6.93. The third kappa shape index (κ3) is 5.05. The van der Waals surface area contributed by atoms with Crippen molar-refractivity contribution in [3.63, 3.8) is 0 Å². The maximum Gasteiger partial charge on any atom is 0.416 e. The average molecular weight is 650 g/mol. The molecule has 246 valence electrons. The van der Waals surface area contributed by atoms with Crippen LogP contribution in [0.15, 0.2) is 28.9 Å². The number of aromatic nitrogens is 4. The van der Waals surface area contributed by atoms with Gasteiger partial charge in [0.05, 0.1) is 36.9 Å². The van der Waals surface area contributed by atoms with Crippen molar-refractivity contribution in [1.29, 1.82) is 0 Å². The van der Waals surface area contributed by atoms with Crippen molar-refractivity contribution in [1.82, 2.24) is 19.6 Å². The first kappa shape index (κ1) is 32.0. The van der Waals surface area contributed by atoms with Gasteiger partial charge in [-0.2, -0.15) is 0 Å². The standard InChI is InChI=1S/C34H44FN5O5Si/c1-18(2)46(19(3)4,20(5)6)32-37-21(7)29(44-32)23-13-27-31(40-17-36-38-30(23)40)39(33(41)45-34(8,9)10)14-24-25(35)11-12-26-28(24)22(15-42-26)16-43-27/h11-13,17-20,22H,14-16H2,1-10H3/t22-/m1/s1. The number of aryl methyl sites for hydroxylation is 1. The minimum Gasteiger partial charge on any atom is -0.493 e. The van der Waals surface area contributed by atoms with E-state index in [2.05, 4.69) is 51.7 Å². The molecule has 0 spiro atoms. The second-order valence-electron chi connectivity index (χ2n) is 14.4. The lowest BCUT2D eigenvalue weighted by Crippen LogP contribution is -2.56. The van der Waals surface area contributed by atoms with Gasteiger partial charge in [0.2, 0.25) is 0 Å². The van der Waals surface area contributed by atoms with Crippen LogP contribution in [0.4, 0.5) is 15.0 Å². The summed E-state index contributed by atoms with van der Waals surface area (Å²) in [6.45, 7) is 21.4. The molecule has 1 amide bonds. The van der Waals surface area contributed by atoms with E-state index in [0.717, 1.165) is 11.2 Å². The molecule has 0 radical (unpaired) electrons. The lowest BCUT2D eigenvalue weighted by Gasteiger charge is -2.39. The van der Waals surface area contributed by atoms with E-state index in [0.29, 0.717) is 68.6 Å². The summed E-state index contributed by atoms with van der Waals surface area (Å²) in [7, 11) is -2.22. The molecule has 0 aliphatic carbocycles. The Morgan fingerprint density at radius 1 is 1.04 bits per heavy atom. The molecule has 12 heteroatoms. The van der Waals surface area contributed by atoms with Gasteiger partial charge in [0, 0.05) is 11.1 Å². The van der Waals surface area contributed by atoms with E-state index in [1.54, 1.807) is 31.2 Å². The van der Waals surface area contributed by atoms with Gasteiger partial charge in [-0.1, -0.05) is 41.5 Å². The van der Waals surface area contributed by atoms with Crippen LogP contribution in [0.5, 0.6) is 11.5 Å². The van der Waals surface area contributed by atoms with E-state index in [1.807, 2.05) is 13.0 Å². The van der Waals surface area contributed by atoms with Gasteiger partial charge in [-0.25, -0.2) is 14.2 Å². The molecular weight excluding hydrogens is 605 g/mol. The summed E-state index contributed by atoms with van der Waals surface area (Å²) >= 11 is 0. The number of hydrogen-bond donors (Lipinski definition) is 0. The smallest absolute Gasteiger partial charge is 0.416 e. The number of fused-ring (bicyclic) bond motifs is 3. The SMILES string of the molecule is Cc1nc([Si](C(C)C)(C(C)C)C(C)C)oc1-c1cc2c(n3cnnc13)N(C(=O)OC(C)(C)C)Cc1c(F)ccc3c1[C@H](CO3)CO2. The molecule has 0 saturated carbocycles. The number of anilines is 1. The van der Waals surface area contributed by atoms with Gasteiger partial charge in [-0.3, -0.25) is 9.30 Å². The maximum atomic E-state index is 15.6. The fourth-order valence-electron chi connectivity index (χ4n) is 7.71. The van der Waals surface area contributed by atoms with Crippen LogP contribution < -0.4 is 19.9 Å². The van der Waals surface area contributed by atoms with Crippen molar-refractivity contribution >= 4 is 31.1 Å². The summed E-state index contributed by atoms with van der Waals surface area (Å²) in [5.41, 5.74) is 4.12. The Kier molecular flexibility index (Phi) is 7.93. The lowest BCUT2D eigenvalue weighted by atomic mass is 9.95. The number of carbonyl (C=O) groups is 1. The van der Waals surface area contributed by atoms with Gasteiger partial charge in [-0.05, 0) is 62.5 Å². The highest BCUT2D eigenvalue weighted by Gasteiger charge is 2.49. The number of amides is 1. The number of hydrogen-bond acceptors (Lipinski definition) is 8. The quantitative estimate of drug-likeness (QED) is 0.205. The zero-order chi connectivity index (χ0) is 33.3. The molecule has 2 aliphatic heterocycles. The number of carbonyl (C=O) groups excluding carboxylic acids is 1. The molecule has 0 bridgehead atoms. The van der Waals surface area contributed by atoms with E-state index >= 15 is 4.39 Å². The first-order chi connectivity index (χ1) is 21.6. The average Bonchev–Trinajstić information content (AvgIpc) is 3.69. The Balaban J connectivity index is 1.58. The lowest BCUT2D eigenvalue weighted by molar-refractivity contribution is 0.0574. The number of ether oxygens (including phenoxy) is 3. The van der Waals surface area contributed by atoms with Crippen LogP contribution in [-0.4, -0.2) is 52.6 Å². The number of halogens is 1. The molecule has 1 atom stereocenters. The summed E-state index contributed by atoms with van der Waals surface area (Å²) in [4.78, 5) is 20.4. The van der Waals surface area contributed by atoms with E-state index in [4.69, 9.17) is 23.6 Å². The zero-order valence-electron chi connectivity index (χ0n) is 28.4. The number of rotatable bonds is 5. The van der Waals surface area contributed by atoms with Gasteiger partial charge in [-0.15, -0.1) is 10.2 Å². The number of benzene rings is 1. The molecule has 3 aromatic heterocycles. The van der Waals surface area contributed by atoms with Gasteiger partial charge >= 0.3 is 6.09 Å². The Morgan fingerprint density at radius 2 is 1.70 bits per heavy atom. The fraction of sp³-hybridized carbons (Fsp3) is 0.529. The normalized spacial score (nSPS) is 16.7. The fourth-order valence-corrected chi connectivity index (χ4v) is 13.8. The Morgan fingerprint density at radius 3 is 2.33 bits per heavy atom. The molecule has 1 aromatic carbocycles. The molecule has 5 heterocycles.